The van der Waals surface area contributed by atoms with Gasteiger partial charge in [-0.2, -0.15) is 5.10 Å². The van der Waals surface area contributed by atoms with Gasteiger partial charge in [0.05, 0.1) is 12.2 Å². The van der Waals surface area contributed by atoms with Gasteiger partial charge in [0.2, 0.25) is 0 Å². The molecule has 12 heavy (non-hydrogen) atoms. The van der Waals surface area contributed by atoms with Crippen molar-refractivity contribution in [3.8, 4) is 0 Å². The first-order chi connectivity index (χ1) is 5.70. The smallest absolute Gasteiger partial charge is 0.127 e. The van der Waals surface area contributed by atoms with Crippen LogP contribution in [0, 0.1) is 0 Å². The summed E-state index contributed by atoms with van der Waals surface area (Å²) in [7, 11) is 2.13. The van der Waals surface area contributed by atoms with Crippen molar-refractivity contribution in [1.82, 2.24) is 9.78 Å². The van der Waals surface area contributed by atoms with Crippen molar-refractivity contribution in [2.24, 2.45) is 0 Å². The minimum Gasteiger partial charge on any atom is -0.357 e. The molecular weight excluding hydrogens is 150 g/mol. The summed E-state index contributed by atoms with van der Waals surface area (Å²) in [5.41, 5.74) is 0. The number of aromatic nitrogens is 2. The zero-order chi connectivity index (χ0) is 8.72. The van der Waals surface area contributed by atoms with Gasteiger partial charge in [0.1, 0.15) is 5.82 Å². The van der Waals surface area contributed by atoms with Crippen LogP contribution in [-0.4, -0.2) is 22.9 Å². The second kappa shape index (κ2) is 2.51. The molecular formula is C9H15N3. The van der Waals surface area contributed by atoms with Crippen molar-refractivity contribution < 1.29 is 0 Å². The van der Waals surface area contributed by atoms with Gasteiger partial charge in [0, 0.05) is 19.2 Å². The Hall–Kier alpha value is -0.990. The average molecular weight is 165 g/mol. The minimum atomic E-state index is 0.543. The van der Waals surface area contributed by atoms with Gasteiger partial charge in [-0.05, 0) is 20.3 Å². The molecule has 1 aromatic heterocycles. The Kier molecular flexibility index (Phi) is 1.60. The number of rotatable bonds is 0. The Bertz CT molecular complexity index is 279. The van der Waals surface area contributed by atoms with E-state index in [2.05, 4.69) is 41.6 Å². The van der Waals surface area contributed by atoms with Gasteiger partial charge in [-0.1, -0.05) is 0 Å². The van der Waals surface area contributed by atoms with Crippen LogP contribution in [0.5, 0.6) is 0 Å². The molecule has 0 N–H and O–H groups in total. The largest absolute Gasteiger partial charge is 0.357 e. The maximum atomic E-state index is 4.30. The Labute approximate surface area is 73.0 Å². The molecule has 0 amide bonds. The number of hydrogen-bond acceptors (Lipinski definition) is 2. The normalized spacial score (nSPS) is 28.8. The lowest BCUT2D eigenvalue weighted by Crippen LogP contribution is -2.37. The van der Waals surface area contributed by atoms with E-state index in [1.165, 1.54) is 12.2 Å². The second-order valence-corrected chi connectivity index (χ2v) is 3.68. The summed E-state index contributed by atoms with van der Waals surface area (Å²) in [5, 5.41) is 4.30. The van der Waals surface area contributed by atoms with Crippen molar-refractivity contribution in [2.75, 3.05) is 11.9 Å². The van der Waals surface area contributed by atoms with Gasteiger partial charge < -0.3 is 4.90 Å². The predicted molar refractivity (Wildman–Crippen MR) is 49.4 cm³/mol. The third-order valence-corrected chi connectivity index (χ3v) is 2.77. The number of fused-ring (bicyclic) bond motifs is 1. The lowest BCUT2D eigenvalue weighted by Gasteiger charge is -2.35. The lowest BCUT2D eigenvalue weighted by atomic mass is 10.1. The van der Waals surface area contributed by atoms with E-state index in [9.17, 15) is 0 Å². The summed E-state index contributed by atoms with van der Waals surface area (Å²) in [5.74, 6) is 1.24. The highest BCUT2D eigenvalue weighted by atomic mass is 15.4. The first-order valence-corrected chi connectivity index (χ1v) is 4.46. The van der Waals surface area contributed by atoms with Gasteiger partial charge >= 0.3 is 0 Å². The van der Waals surface area contributed by atoms with Crippen LogP contribution in [0.1, 0.15) is 26.3 Å². The Morgan fingerprint density at radius 3 is 2.92 bits per heavy atom. The summed E-state index contributed by atoms with van der Waals surface area (Å²) < 4.78 is 2.10. The van der Waals surface area contributed by atoms with Crippen LogP contribution < -0.4 is 4.90 Å². The lowest BCUT2D eigenvalue weighted by molar-refractivity contribution is 0.383. The molecule has 0 fully saturated rings. The molecule has 0 saturated heterocycles. The van der Waals surface area contributed by atoms with Crippen LogP contribution in [-0.2, 0) is 0 Å². The highest BCUT2D eigenvalue weighted by Crippen LogP contribution is 2.29. The molecule has 66 valence electrons. The van der Waals surface area contributed by atoms with Crippen LogP contribution >= 0.6 is 0 Å². The molecule has 0 aliphatic carbocycles. The van der Waals surface area contributed by atoms with Crippen molar-refractivity contribution in [3.05, 3.63) is 12.3 Å². The number of hydrogen-bond donors (Lipinski definition) is 0. The minimum absolute atomic E-state index is 0.543. The topological polar surface area (TPSA) is 21.1 Å². The van der Waals surface area contributed by atoms with E-state index in [-0.39, 0.29) is 0 Å². The van der Waals surface area contributed by atoms with E-state index in [4.69, 9.17) is 0 Å². The number of nitrogens with zero attached hydrogens (tertiary/aromatic N) is 3. The molecule has 0 bridgehead atoms. The molecule has 0 saturated carbocycles. The zero-order valence-electron chi connectivity index (χ0n) is 7.86. The van der Waals surface area contributed by atoms with E-state index in [0.29, 0.717) is 12.1 Å². The summed E-state index contributed by atoms with van der Waals surface area (Å²) in [6.07, 6.45) is 3.06. The van der Waals surface area contributed by atoms with Gasteiger partial charge in [0.25, 0.3) is 0 Å². The zero-order valence-corrected chi connectivity index (χ0v) is 7.86. The molecule has 2 heterocycles. The predicted octanol–water partition coefficient (Wildman–Crippen LogP) is 1.67. The third-order valence-electron chi connectivity index (χ3n) is 2.77. The van der Waals surface area contributed by atoms with E-state index in [1.807, 2.05) is 6.20 Å². The monoisotopic (exact) mass is 165 g/mol. The molecule has 0 radical (unpaired) electrons. The molecule has 1 aromatic rings. The molecule has 3 nitrogen and oxygen atoms in total. The molecule has 0 aromatic carbocycles. The molecule has 0 spiro atoms. The van der Waals surface area contributed by atoms with E-state index in [0.717, 1.165) is 0 Å². The fourth-order valence-electron chi connectivity index (χ4n) is 1.90. The van der Waals surface area contributed by atoms with E-state index in [1.54, 1.807) is 0 Å². The highest BCUT2D eigenvalue weighted by Gasteiger charge is 2.24. The maximum absolute atomic E-state index is 4.30. The Morgan fingerprint density at radius 2 is 2.17 bits per heavy atom. The van der Waals surface area contributed by atoms with Crippen molar-refractivity contribution >= 4 is 5.82 Å². The molecule has 2 unspecified atom stereocenters. The van der Waals surface area contributed by atoms with Crippen LogP contribution in [0.2, 0.25) is 0 Å². The Balaban J connectivity index is 2.43. The summed E-state index contributed by atoms with van der Waals surface area (Å²) in [4.78, 5) is 2.28. The summed E-state index contributed by atoms with van der Waals surface area (Å²) in [6, 6.07) is 3.25. The van der Waals surface area contributed by atoms with Crippen molar-refractivity contribution in [2.45, 2.75) is 32.4 Å². The van der Waals surface area contributed by atoms with Crippen LogP contribution in [0.4, 0.5) is 5.82 Å². The molecule has 2 atom stereocenters. The molecule has 1 aliphatic rings. The van der Waals surface area contributed by atoms with Crippen molar-refractivity contribution in [3.63, 3.8) is 0 Å². The van der Waals surface area contributed by atoms with Crippen LogP contribution in [0.25, 0.3) is 0 Å². The van der Waals surface area contributed by atoms with E-state index < -0.39 is 0 Å². The number of anilines is 1. The SMILES string of the molecule is CC1CC(C)n2nccc2N1C. The third kappa shape index (κ3) is 0.924. The first kappa shape index (κ1) is 7.65. The highest BCUT2D eigenvalue weighted by molar-refractivity contribution is 5.40. The fourth-order valence-corrected chi connectivity index (χ4v) is 1.90. The van der Waals surface area contributed by atoms with E-state index >= 15 is 0 Å². The van der Waals surface area contributed by atoms with Gasteiger partial charge in [-0.15, -0.1) is 0 Å². The van der Waals surface area contributed by atoms with Crippen molar-refractivity contribution in [1.29, 1.82) is 0 Å². The van der Waals surface area contributed by atoms with Gasteiger partial charge in [-0.3, -0.25) is 0 Å². The second-order valence-electron chi connectivity index (χ2n) is 3.68. The fraction of sp³-hybridized carbons (Fsp3) is 0.667. The average Bonchev–Trinajstić information content (AvgIpc) is 2.48. The standard InChI is InChI=1S/C9H15N3/c1-7-6-8(2)12-9(11(7)3)4-5-10-12/h4-5,7-8H,6H2,1-3H3. The first-order valence-electron chi connectivity index (χ1n) is 4.46. The van der Waals surface area contributed by atoms with Crippen LogP contribution in [0.3, 0.4) is 0 Å². The molecule has 1 aliphatic heterocycles. The van der Waals surface area contributed by atoms with Crippen LogP contribution in [0.15, 0.2) is 12.3 Å². The van der Waals surface area contributed by atoms with Gasteiger partial charge in [0.15, 0.2) is 0 Å². The molecule has 3 heteroatoms. The van der Waals surface area contributed by atoms with Gasteiger partial charge in [-0.25, -0.2) is 4.68 Å². The Morgan fingerprint density at radius 1 is 1.42 bits per heavy atom. The quantitative estimate of drug-likeness (QED) is 0.583. The summed E-state index contributed by atoms with van der Waals surface area (Å²) in [6.45, 7) is 4.48. The maximum Gasteiger partial charge on any atom is 0.127 e. The molecule has 2 rings (SSSR count). The summed E-state index contributed by atoms with van der Waals surface area (Å²) >= 11 is 0.